The molecule has 1 aliphatic rings. The quantitative estimate of drug-likeness (QED) is 0.565. The first-order valence-electron chi connectivity index (χ1n) is 3.75. The Morgan fingerprint density at radius 3 is 2.78 bits per heavy atom. The van der Waals surface area contributed by atoms with Gasteiger partial charge in [0.05, 0.1) is 6.07 Å². The summed E-state index contributed by atoms with van der Waals surface area (Å²) in [5.74, 6) is 1.88. The average Bonchev–Trinajstić information content (AvgIpc) is 2.62. The minimum Gasteiger partial charge on any atom is -0.198 e. The third-order valence-corrected chi connectivity index (χ3v) is 2.22. The average molecular weight is 123 g/mol. The number of nitriles is 1. The number of nitrogens with zero attached hydrogens (tertiary/aromatic N) is 1. The Balaban J connectivity index is 2.00. The van der Waals surface area contributed by atoms with Gasteiger partial charge in [-0.1, -0.05) is 13.3 Å². The van der Waals surface area contributed by atoms with Crippen molar-refractivity contribution in [1.82, 2.24) is 0 Å². The van der Waals surface area contributed by atoms with Gasteiger partial charge in [0.15, 0.2) is 0 Å². The lowest BCUT2D eigenvalue weighted by atomic mass is 10.2. The van der Waals surface area contributed by atoms with Gasteiger partial charge in [0, 0.05) is 6.42 Å². The maximum Gasteiger partial charge on any atom is 0.0621 e. The second-order valence-corrected chi connectivity index (χ2v) is 2.86. The highest BCUT2D eigenvalue weighted by molar-refractivity contribution is 4.87. The molecule has 1 fully saturated rings. The van der Waals surface area contributed by atoms with E-state index in [2.05, 4.69) is 13.0 Å². The maximum atomic E-state index is 8.25. The predicted octanol–water partition coefficient (Wildman–Crippen LogP) is 2.34. The number of rotatable bonds is 3. The van der Waals surface area contributed by atoms with Crippen LogP contribution in [0.4, 0.5) is 0 Å². The third-order valence-electron chi connectivity index (χ3n) is 2.22. The van der Waals surface area contributed by atoms with E-state index >= 15 is 0 Å². The second-order valence-electron chi connectivity index (χ2n) is 2.86. The summed E-state index contributed by atoms with van der Waals surface area (Å²) in [6.45, 7) is 2.23. The SMILES string of the molecule is CC[C@H]1C[C@@H]1CCC#N. The van der Waals surface area contributed by atoms with E-state index in [1.807, 2.05) is 0 Å². The van der Waals surface area contributed by atoms with Gasteiger partial charge in [-0.25, -0.2) is 0 Å². The Morgan fingerprint density at radius 1 is 1.56 bits per heavy atom. The van der Waals surface area contributed by atoms with Crippen molar-refractivity contribution < 1.29 is 0 Å². The van der Waals surface area contributed by atoms with Crippen molar-refractivity contribution in [2.45, 2.75) is 32.6 Å². The van der Waals surface area contributed by atoms with Crippen LogP contribution in [0.5, 0.6) is 0 Å². The zero-order valence-electron chi connectivity index (χ0n) is 5.93. The second kappa shape index (κ2) is 2.87. The maximum absolute atomic E-state index is 8.25. The fourth-order valence-electron chi connectivity index (χ4n) is 1.41. The molecule has 1 nitrogen and oxygen atoms in total. The van der Waals surface area contributed by atoms with Gasteiger partial charge >= 0.3 is 0 Å². The Hall–Kier alpha value is -0.510. The summed E-state index contributed by atoms with van der Waals surface area (Å²) in [4.78, 5) is 0. The fourth-order valence-corrected chi connectivity index (χ4v) is 1.41. The molecule has 0 N–H and O–H groups in total. The molecule has 0 radical (unpaired) electrons. The minimum absolute atomic E-state index is 0.765. The molecule has 0 aromatic rings. The molecular weight excluding hydrogens is 110 g/mol. The van der Waals surface area contributed by atoms with Crippen LogP contribution >= 0.6 is 0 Å². The number of hydrogen-bond donors (Lipinski definition) is 0. The van der Waals surface area contributed by atoms with E-state index in [0.29, 0.717) is 0 Å². The largest absolute Gasteiger partial charge is 0.198 e. The van der Waals surface area contributed by atoms with Crippen LogP contribution in [0.2, 0.25) is 0 Å². The summed E-state index contributed by atoms with van der Waals surface area (Å²) >= 11 is 0. The van der Waals surface area contributed by atoms with E-state index in [1.165, 1.54) is 12.8 Å². The van der Waals surface area contributed by atoms with E-state index in [1.54, 1.807) is 0 Å². The molecule has 0 unspecified atom stereocenters. The van der Waals surface area contributed by atoms with Gasteiger partial charge in [-0.15, -0.1) is 0 Å². The van der Waals surface area contributed by atoms with Crippen LogP contribution in [0, 0.1) is 23.2 Å². The highest BCUT2D eigenvalue weighted by Crippen LogP contribution is 2.43. The smallest absolute Gasteiger partial charge is 0.0621 e. The third kappa shape index (κ3) is 1.71. The Kier molecular flexibility index (Phi) is 2.10. The van der Waals surface area contributed by atoms with E-state index in [9.17, 15) is 0 Å². The van der Waals surface area contributed by atoms with Crippen molar-refractivity contribution in [1.29, 1.82) is 5.26 Å². The Bertz CT molecular complexity index is 123. The summed E-state index contributed by atoms with van der Waals surface area (Å²) in [5.41, 5.74) is 0. The highest BCUT2D eigenvalue weighted by atomic mass is 14.4. The van der Waals surface area contributed by atoms with Gasteiger partial charge < -0.3 is 0 Å². The van der Waals surface area contributed by atoms with Crippen molar-refractivity contribution in [2.75, 3.05) is 0 Å². The van der Waals surface area contributed by atoms with Crippen LogP contribution in [-0.2, 0) is 0 Å². The van der Waals surface area contributed by atoms with E-state index < -0.39 is 0 Å². The zero-order valence-corrected chi connectivity index (χ0v) is 5.93. The van der Waals surface area contributed by atoms with Gasteiger partial charge in [0.2, 0.25) is 0 Å². The molecule has 9 heavy (non-hydrogen) atoms. The fraction of sp³-hybridized carbons (Fsp3) is 0.875. The van der Waals surface area contributed by atoms with Gasteiger partial charge in [-0.05, 0) is 24.7 Å². The first-order valence-corrected chi connectivity index (χ1v) is 3.75. The molecule has 0 bridgehead atoms. The van der Waals surface area contributed by atoms with Crippen molar-refractivity contribution in [2.24, 2.45) is 11.8 Å². The first-order chi connectivity index (χ1) is 4.38. The van der Waals surface area contributed by atoms with E-state index in [-0.39, 0.29) is 0 Å². The van der Waals surface area contributed by atoms with Crippen molar-refractivity contribution in [3.05, 3.63) is 0 Å². The lowest BCUT2D eigenvalue weighted by Crippen LogP contribution is -1.79. The molecule has 0 spiro atoms. The predicted molar refractivity (Wildman–Crippen MR) is 36.7 cm³/mol. The van der Waals surface area contributed by atoms with Gasteiger partial charge in [-0.2, -0.15) is 5.26 Å². The molecule has 0 aromatic carbocycles. The van der Waals surface area contributed by atoms with Crippen molar-refractivity contribution >= 4 is 0 Å². The molecule has 0 saturated heterocycles. The molecule has 1 saturated carbocycles. The summed E-state index contributed by atoms with van der Waals surface area (Å²) in [6.07, 6.45) is 4.62. The van der Waals surface area contributed by atoms with E-state index in [0.717, 1.165) is 24.7 Å². The molecule has 0 heterocycles. The van der Waals surface area contributed by atoms with Crippen LogP contribution in [0.3, 0.4) is 0 Å². The molecule has 50 valence electrons. The van der Waals surface area contributed by atoms with Crippen LogP contribution in [0.25, 0.3) is 0 Å². The van der Waals surface area contributed by atoms with Crippen LogP contribution in [-0.4, -0.2) is 0 Å². The molecule has 0 aromatic heterocycles. The molecular formula is C8H13N. The highest BCUT2D eigenvalue weighted by Gasteiger charge is 2.33. The Labute approximate surface area is 56.7 Å². The Morgan fingerprint density at radius 2 is 2.33 bits per heavy atom. The van der Waals surface area contributed by atoms with Gasteiger partial charge in [0.25, 0.3) is 0 Å². The lowest BCUT2D eigenvalue weighted by Gasteiger charge is -1.88. The normalized spacial score (nSPS) is 31.6. The van der Waals surface area contributed by atoms with Crippen LogP contribution in [0.1, 0.15) is 32.6 Å². The van der Waals surface area contributed by atoms with Crippen LogP contribution in [0.15, 0.2) is 0 Å². The van der Waals surface area contributed by atoms with E-state index in [4.69, 9.17) is 5.26 Å². The summed E-state index contributed by atoms with van der Waals surface area (Å²) in [7, 11) is 0. The summed E-state index contributed by atoms with van der Waals surface area (Å²) < 4.78 is 0. The van der Waals surface area contributed by atoms with Gasteiger partial charge in [-0.3, -0.25) is 0 Å². The van der Waals surface area contributed by atoms with Crippen molar-refractivity contribution in [3.8, 4) is 6.07 Å². The first kappa shape index (κ1) is 6.61. The lowest BCUT2D eigenvalue weighted by molar-refractivity contribution is 0.641. The molecule has 1 aliphatic carbocycles. The monoisotopic (exact) mass is 123 g/mol. The number of hydrogen-bond acceptors (Lipinski definition) is 1. The molecule has 0 aliphatic heterocycles. The standard InChI is InChI=1S/C8H13N/c1-2-7-6-8(7)4-3-5-9/h7-8H,2-4,6H2,1H3/t7-,8-/m0/s1. The molecule has 1 heteroatoms. The van der Waals surface area contributed by atoms with Gasteiger partial charge in [0.1, 0.15) is 0 Å². The molecule has 0 amide bonds. The van der Waals surface area contributed by atoms with Crippen LogP contribution < -0.4 is 0 Å². The summed E-state index contributed by atoms with van der Waals surface area (Å²) in [6, 6.07) is 2.18. The minimum atomic E-state index is 0.765. The topological polar surface area (TPSA) is 23.8 Å². The molecule has 1 rings (SSSR count). The summed E-state index contributed by atoms with van der Waals surface area (Å²) in [5, 5.41) is 8.25. The zero-order chi connectivity index (χ0) is 6.69. The molecule has 2 atom stereocenters. The van der Waals surface area contributed by atoms with Crippen molar-refractivity contribution in [3.63, 3.8) is 0 Å².